The average molecular weight is 303 g/mol. The minimum Gasteiger partial charge on any atom is -0.396 e. The first-order valence-electron chi connectivity index (χ1n) is 7.06. The van der Waals surface area contributed by atoms with Crippen molar-refractivity contribution in [1.82, 2.24) is 4.90 Å². The van der Waals surface area contributed by atoms with Crippen LogP contribution >= 0.6 is 0 Å². The minimum absolute atomic E-state index is 0.0723. The van der Waals surface area contributed by atoms with E-state index in [-0.39, 0.29) is 30.6 Å². The van der Waals surface area contributed by atoms with E-state index in [1.54, 1.807) is 24.3 Å². The fraction of sp³-hybridized carbons (Fsp3) is 0.235. The highest BCUT2D eigenvalue weighted by Gasteiger charge is 2.38. The standard InChI is InChI=1S/C17H15F2NO2/c18-12-6-4-11(5-7-12)10-20-15(8-9-21)13-2-1-3-14(19)16(13)17(20)22/h1-7,15,21H,8-10H2. The van der Waals surface area contributed by atoms with Crippen LogP contribution in [0.3, 0.4) is 0 Å². The van der Waals surface area contributed by atoms with Gasteiger partial charge in [0.2, 0.25) is 0 Å². The van der Waals surface area contributed by atoms with E-state index in [2.05, 4.69) is 0 Å². The van der Waals surface area contributed by atoms with Crippen LogP contribution in [0.2, 0.25) is 0 Å². The zero-order valence-electron chi connectivity index (χ0n) is 11.8. The van der Waals surface area contributed by atoms with E-state index >= 15 is 0 Å². The number of carbonyl (C=O) groups is 1. The second-order valence-electron chi connectivity index (χ2n) is 5.29. The smallest absolute Gasteiger partial charge is 0.258 e. The summed E-state index contributed by atoms with van der Waals surface area (Å²) in [7, 11) is 0. The molecular weight excluding hydrogens is 288 g/mol. The number of fused-ring (bicyclic) bond motifs is 1. The van der Waals surface area contributed by atoms with Crippen LogP contribution in [0.15, 0.2) is 42.5 Å². The van der Waals surface area contributed by atoms with Gasteiger partial charge < -0.3 is 10.0 Å². The number of hydrogen-bond donors (Lipinski definition) is 1. The number of carbonyl (C=O) groups excluding carboxylic acids is 1. The van der Waals surface area contributed by atoms with Crippen LogP contribution in [0.5, 0.6) is 0 Å². The van der Waals surface area contributed by atoms with Crippen LogP contribution in [0.4, 0.5) is 8.78 Å². The lowest BCUT2D eigenvalue weighted by Gasteiger charge is -2.25. The highest BCUT2D eigenvalue weighted by molar-refractivity contribution is 5.99. The number of benzene rings is 2. The van der Waals surface area contributed by atoms with Crippen LogP contribution in [-0.4, -0.2) is 22.5 Å². The molecule has 1 amide bonds. The molecule has 0 bridgehead atoms. The van der Waals surface area contributed by atoms with Crippen molar-refractivity contribution in [2.75, 3.05) is 6.61 Å². The molecule has 1 atom stereocenters. The van der Waals surface area contributed by atoms with Gasteiger partial charge in [-0.15, -0.1) is 0 Å². The first-order valence-corrected chi connectivity index (χ1v) is 7.06. The lowest BCUT2D eigenvalue weighted by molar-refractivity contribution is 0.0681. The molecule has 22 heavy (non-hydrogen) atoms. The van der Waals surface area contributed by atoms with Crippen molar-refractivity contribution in [3.05, 3.63) is 70.8 Å². The Balaban J connectivity index is 1.95. The summed E-state index contributed by atoms with van der Waals surface area (Å²) < 4.78 is 26.9. The summed E-state index contributed by atoms with van der Waals surface area (Å²) in [4.78, 5) is 14.0. The molecule has 114 valence electrons. The van der Waals surface area contributed by atoms with Crippen LogP contribution in [-0.2, 0) is 6.54 Å². The lowest BCUT2D eigenvalue weighted by atomic mass is 10.0. The van der Waals surface area contributed by atoms with Gasteiger partial charge in [-0.3, -0.25) is 4.79 Å². The third-order valence-electron chi connectivity index (χ3n) is 3.92. The van der Waals surface area contributed by atoms with Crippen molar-refractivity contribution < 1.29 is 18.7 Å². The molecule has 0 aliphatic carbocycles. The van der Waals surface area contributed by atoms with Gasteiger partial charge >= 0.3 is 0 Å². The fourth-order valence-electron chi connectivity index (χ4n) is 2.90. The minimum atomic E-state index is -0.549. The molecule has 1 N–H and O–H groups in total. The van der Waals surface area contributed by atoms with Crippen molar-refractivity contribution in [2.45, 2.75) is 19.0 Å². The van der Waals surface area contributed by atoms with E-state index in [4.69, 9.17) is 0 Å². The van der Waals surface area contributed by atoms with E-state index in [0.717, 1.165) is 5.56 Å². The molecule has 2 aromatic carbocycles. The van der Waals surface area contributed by atoms with Gasteiger partial charge in [0.15, 0.2) is 0 Å². The van der Waals surface area contributed by atoms with Gasteiger partial charge in [0.05, 0.1) is 11.6 Å². The summed E-state index contributed by atoms with van der Waals surface area (Å²) in [6.07, 6.45) is 0.337. The molecule has 0 saturated heterocycles. The lowest BCUT2D eigenvalue weighted by Crippen LogP contribution is -2.28. The molecule has 0 saturated carbocycles. The molecule has 1 heterocycles. The van der Waals surface area contributed by atoms with Crippen molar-refractivity contribution >= 4 is 5.91 Å². The Morgan fingerprint density at radius 2 is 1.82 bits per heavy atom. The molecule has 3 rings (SSSR count). The van der Waals surface area contributed by atoms with Gasteiger partial charge in [0, 0.05) is 13.2 Å². The highest BCUT2D eigenvalue weighted by atomic mass is 19.1. The Kier molecular flexibility index (Phi) is 3.90. The highest BCUT2D eigenvalue weighted by Crippen LogP contribution is 2.37. The maximum atomic E-state index is 14.0. The predicted octanol–water partition coefficient (Wildman–Crippen LogP) is 3.04. The Hall–Kier alpha value is -2.27. The summed E-state index contributed by atoms with van der Waals surface area (Å²) in [5.74, 6) is -1.29. The average Bonchev–Trinajstić information content (AvgIpc) is 2.77. The molecule has 0 aromatic heterocycles. The van der Waals surface area contributed by atoms with E-state index < -0.39 is 11.7 Å². The van der Waals surface area contributed by atoms with E-state index in [0.29, 0.717) is 12.0 Å². The van der Waals surface area contributed by atoms with E-state index in [1.165, 1.54) is 23.1 Å². The number of aliphatic hydroxyl groups excluding tert-OH is 1. The summed E-state index contributed by atoms with van der Waals surface area (Å²) in [5, 5.41) is 9.25. The molecule has 0 fully saturated rings. The molecule has 3 nitrogen and oxygen atoms in total. The maximum absolute atomic E-state index is 14.0. The van der Waals surface area contributed by atoms with Crippen LogP contribution in [0.25, 0.3) is 0 Å². The third-order valence-corrected chi connectivity index (χ3v) is 3.92. The fourth-order valence-corrected chi connectivity index (χ4v) is 2.90. The van der Waals surface area contributed by atoms with Gasteiger partial charge in [-0.2, -0.15) is 0 Å². The van der Waals surface area contributed by atoms with Crippen molar-refractivity contribution in [3.8, 4) is 0 Å². The van der Waals surface area contributed by atoms with Crippen molar-refractivity contribution in [1.29, 1.82) is 0 Å². The Morgan fingerprint density at radius 1 is 1.09 bits per heavy atom. The molecular formula is C17H15F2NO2. The molecule has 1 unspecified atom stereocenters. The zero-order valence-corrected chi connectivity index (χ0v) is 11.8. The normalized spacial score (nSPS) is 17.0. The Labute approximate surface area is 126 Å². The van der Waals surface area contributed by atoms with Crippen LogP contribution < -0.4 is 0 Å². The van der Waals surface area contributed by atoms with E-state index in [1.807, 2.05) is 0 Å². The van der Waals surface area contributed by atoms with Gasteiger partial charge in [0.1, 0.15) is 11.6 Å². The molecule has 1 aliphatic rings. The Morgan fingerprint density at radius 3 is 2.50 bits per heavy atom. The molecule has 5 heteroatoms. The number of halogens is 2. The van der Waals surface area contributed by atoms with Crippen molar-refractivity contribution in [2.24, 2.45) is 0 Å². The van der Waals surface area contributed by atoms with Crippen molar-refractivity contribution in [3.63, 3.8) is 0 Å². The van der Waals surface area contributed by atoms with Gasteiger partial charge in [-0.25, -0.2) is 8.78 Å². The summed E-state index contributed by atoms with van der Waals surface area (Å²) in [6.45, 7) is 0.145. The maximum Gasteiger partial charge on any atom is 0.258 e. The largest absolute Gasteiger partial charge is 0.396 e. The SMILES string of the molecule is O=C1c2c(F)cccc2C(CCO)N1Cc1ccc(F)cc1. The summed E-state index contributed by atoms with van der Waals surface area (Å²) in [5.41, 5.74) is 1.43. The second-order valence-corrected chi connectivity index (χ2v) is 5.29. The number of hydrogen-bond acceptors (Lipinski definition) is 2. The van der Waals surface area contributed by atoms with Gasteiger partial charge in [-0.1, -0.05) is 24.3 Å². The predicted molar refractivity (Wildman–Crippen MR) is 77.1 cm³/mol. The molecule has 0 radical (unpaired) electrons. The number of rotatable bonds is 4. The van der Waals surface area contributed by atoms with Crippen LogP contribution in [0.1, 0.15) is 33.9 Å². The van der Waals surface area contributed by atoms with Gasteiger partial charge in [0.25, 0.3) is 5.91 Å². The second kappa shape index (κ2) is 5.85. The summed E-state index contributed by atoms with van der Waals surface area (Å²) >= 11 is 0. The monoisotopic (exact) mass is 303 g/mol. The number of nitrogens with zero attached hydrogens (tertiary/aromatic N) is 1. The third kappa shape index (κ3) is 2.48. The molecule has 2 aromatic rings. The first kappa shape index (κ1) is 14.7. The van der Waals surface area contributed by atoms with Crippen LogP contribution in [0, 0.1) is 11.6 Å². The number of amides is 1. The molecule has 0 spiro atoms. The Bertz CT molecular complexity index is 700. The first-order chi connectivity index (χ1) is 10.6. The molecule has 1 aliphatic heterocycles. The summed E-state index contributed by atoms with van der Waals surface area (Å²) in [6, 6.07) is 10.0. The quantitative estimate of drug-likeness (QED) is 0.943. The van der Waals surface area contributed by atoms with E-state index in [9.17, 15) is 18.7 Å². The zero-order chi connectivity index (χ0) is 15.7. The number of aliphatic hydroxyl groups is 1. The topological polar surface area (TPSA) is 40.5 Å². The van der Waals surface area contributed by atoms with Gasteiger partial charge in [-0.05, 0) is 35.7 Å².